The Balaban J connectivity index is 1.41. The molecular weight excluding hydrogens is 378 g/mol. The van der Waals surface area contributed by atoms with Crippen molar-refractivity contribution >= 4 is 22.9 Å². The summed E-state index contributed by atoms with van der Waals surface area (Å²) < 4.78 is 3.47. The van der Waals surface area contributed by atoms with E-state index in [1.807, 2.05) is 30.6 Å². The number of hydrogen-bond acceptors (Lipinski definition) is 7. The molecule has 1 saturated carbocycles. The maximum absolute atomic E-state index is 9.49. The summed E-state index contributed by atoms with van der Waals surface area (Å²) in [5.41, 5.74) is 9.30. The van der Waals surface area contributed by atoms with Crippen LogP contribution >= 0.6 is 0 Å². The molecule has 152 valence electrons. The van der Waals surface area contributed by atoms with Crippen LogP contribution in [0, 0.1) is 16.7 Å². The first kappa shape index (κ1) is 18.4. The molecule has 0 saturated heterocycles. The number of nitrogens with one attached hydrogen (secondary N) is 1. The molecule has 0 amide bonds. The van der Waals surface area contributed by atoms with Crippen LogP contribution < -0.4 is 11.1 Å². The van der Waals surface area contributed by atoms with Crippen molar-refractivity contribution in [2.75, 3.05) is 11.1 Å². The van der Waals surface area contributed by atoms with Crippen LogP contribution in [0.1, 0.15) is 39.0 Å². The van der Waals surface area contributed by atoms with Gasteiger partial charge in [-0.25, -0.2) is 14.0 Å². The molecule has 0 aliphatic heterocycles. The average Bonchev–Trinajstić information content (AvgIpc) is 3.41. The zero-order valence-electron chi connectivity index (χ0n) is 16.8. The maximum Gasteiger partial charge on any atom is 0.243 e. The van der Waals surface area contributed by atoms with Crippen molar-refractivity contribution in [1.82, 2.24) is 29.2 Å². The highest BCUT2D eigenvalue weighted by atomic mass is 15.3. The van der Waals surface area contributed by atoms with E-state index in [0.29, 0.717) is 11.8 Å². The minimum Gasteiger partial charge on any atom is -0.382 e. The molecule has 0 bridgehead atoms. The molecule has 4 aromatic rings. The standard InChI is InChI=1S/C21H23N9/c1-2-21(13-22)8-5-14(6-9-21)25-20-26-19(23)18-15(7-11-30(18)28-20)16-3-4-17-24-10-12-29(17)27-16/h3-4,7,10-12,14H,2,5-6,8-9H2,1H3,(H3,23,25,26,28). The number of aromatic nitrogens is 6. The summed E-state index contributed by atoms with van der Waals surface area (Å²) in [6, 6.07) is 8.54. The van der Waals surface area contributed by atoms with Gasteiger partial charge in [0.2, 0.25) is 5.95 Å². The van der Waals surface area contributed by atoms with Crippen LogP contribution in [0.2, 0.25) is 0 Å². The Labute approximate surface area is 173 Å². The molecule has 0 spiro atoms. The van der Waals surface area contributed by atoms with Gasteiger partial charge in [0.25, 0.3) is 0 Å². The van der Waals surface area contributed by atoms with Gasteiger partial charge in [-0.05, 0) is 50.3 Å². The highest BCUT2D eigenvalue weighted by Gasteiger charge is 2.34. The van der Waals surface area contributed by atoms with E-state index < -0.39 is 0 Å². The number of nitrogen functional groups attached to an aromatic ring is 1. The van der Waals surface area contributed by atoms with Crippen molar-refractivity contribution in [1.29, 1.82) is 5.26 Å². The maximum atomic E-state index is 9.49. The molecule has 1 aliphatic rings. The second-order valence-corrected chi connectivity index (χ2v) is 7.96. The van der Waals surface area contributed by atoms with Crippen LogP contribution in [0.25, 0.3) is 22.4 Å². The van der Waals surface area contributed by atoms with Crippen LogP contribution in [0.3, 0.4) is 0 Å². The lowest BCUT2D eigenvalue weighted by molar-refractivity contribution is 0.246. The summed E-state index contributed by atoms with van der Waals surface area (Å²) in [5, 5.41) is 22.1. The number of nitriles is 1. The van der Waals surface area contributed by atoms with Crippen LogP contribution in [0.5, 0.6) is 0 Å². The Hall–Kier alpha value is -3.67. The normalized spacial score (nSPS) is 21.7. The lowest BCUT2D eigenvalue weighted by Gasteiger charge is -2.34. The van der Waals surface area contributed by atoms with Gasteiger partial charge in [0.1, 0.15) is 5.52 Å². The monoisotopic (exact) mass is 401 g/mol. The molecule has 0 radical (unpaired) electrons. The summed E-state index contributed by atoms with van der Waals surface area (Å²) in [6.45, 7) is 2.10. The predicted molar refractivity (Wildman–Crippen MR) is 114 cm³/mol. The van der Waals surface area contributed by atoms with Crippen LogP contribution in [-0.4, -0.2) is 35.2 Å². The van der Waals surface area contributed by atoms with Crippen LogP contribution in [0.15, 0.2) is 36.8 Å². The fourth-order valence-electron chi connectivity index (χ4n) is 4.32. The molecule has 4 heterocycles. The molecule has 4 aromatic heterocycles. The largest absolute Gasteiger partial charge is 0.382 e. The Morgan fingerprint density at radius 3 is 2.80 bits per heavy atom. The Morgan fingerprint density at radius 1 is 1.20 bits per heavy atom. The SMILES string of the molecule is CCC1(C#N)CCC(Nc2nc(N)c3c(-c4ccc5nccn5n4)ccn3n2)CC1. The Kier molecular flexibility index (Phi) is 4.28. The van der Waals surface area contributed by atoms with E-state index in [0.717, 1.165) is 54.5 Å². The van der Waals surface area contributed by atoms with Gasteiger partial charge in [0.15, 0.2) is 11.5 Å². The lowest BCUT2D eigenvalue weighted by Crippen LogP contribution is -2.32. The van der Waals surface area contributed by atoms with Gasteiger partial charge in [0.05, 0.1) is 17.2 Å². The van der Waals surface area contributed by atoms with E-state index in [1.54, 1.807) is 15.2 Å². The van der Waals surface area contributed by atoms with E-state index in [2.05, 4.69) is 38.5 Å². The van der Waals surface area contributed by atoms with Gasteiger partial charge in [-0.1, -0.05) is 6.92 Å². The Bertz CT molecular complexity index is 1250. The van der Waals surface area contributed by atoms with Gasteiger partial charge in [-0.3, -0.25) is 0 Å². The topological polar surface area (TPSA) is 122 Å². The number of fused-ring (bicyclic) bond motifs is 2. The van der Waals surface area contributed by atoms with Gasteiger partial charge < -0.3 is 11.1 Å². The molecule has 1 fully saturated rings. The number of imidazole rings is 1. The third kappa shape index (κ3) is 3.01. The van der Waals surface area contributed by atoms with Gasteiger partial charge >= 0.3 is 0 Å². The number of rotatable bonds is 4. The zero-order chi connectivity index (χ0) is 20.7. The van der Waals surface area contributed by atoms with Crippen molar-refractivity contribution < 1.29 is 0 Å². The van der Waals surface area contributed by atoms with Crippen molar-refractivity contribution in [3.63, 3.8) is 0 Å². The molecule has 5 rings (SSSR count). The average molecular weight is 401 g/mol. The summed E-state index contributed by atoms with van der Waals surface area (Å²) in [6.07, 6.45) is 9.93. The van der Waals surface area contributed by atoms with Crippen molar-refractivity contribution in [3.8, 4) is 17.3 Å². The van der Waals surface area contributed by atoms with Gasteiger partial charge in [0, 0.05) is 30.2 Å². The van der Waals surface area contributed by atoms with Gasteiger partial charge in [-0.2, -0.15) is 15.3 Å². The number of nitrogens with two attached hydrogens (primary N) is 1. The summed E-state index contributed by atoms with van der Waals surface area (Å²) in [7, 11) is 0. The number of nitrogens with zero attached hydrogens (tertiary/aromatic N) is 7. The quantitative estimate of drug-likeness (QED) is 0.538. The van der Waals surface area contributed by atoms with Crippen molar-refractivity contribution in [2.45, 2.75) is 45.1 Å². The number of anilines is 2. The molecule has 0 aromatic carbocycles. The second-order valence-electron chi connectivity index (χ2n) is 7.96. The van der Waals surface area contributed by atoms with E-state index in [4.69, 9.17) is 5.73 Å². The van der Waals surface area contributed by atoms with Crippen molar-refractivity contribution in [3.05, 3.63) is 36.8 Å². The van der Waals surface area contributed by atoms with E-state index >= 15 is 0 Å². The molecule has 0 unspecified atom stereocenters. The second kappa shape index (κ2) is 6.99. The Morgan fingerprint density at radius 2 is 2.03 bits per heavy atom. The first-order valence-corrected chi connectivity index (χ1v) is 10.2. The minimum atomic E-state index is -0.180. The highest BCUT2D eigenvalue weighted by Crippen LogP contribution is 2.39. The molecule has 9 nitrogen and oxygen atoms in total. The summed E-state index contributed by atoms with van der Waals surface area (Å²) in [4.78, 5) is 8.73. The molecule has 9 heteroatoms. The van der Waals surface area contributed by atoms with E-state index in [-0.39, 0.29) is 11.5 Å². The number of hydrogen-bond donors (Lipinski definition) is 2. The highest BCUT2D eigenvalue weighted by molar-refractivity contribution is 5.86. The van der Waals surface area contributed by atoms with Crippen molar-refractivity contribution in [2.24, 2.45) is 5.41 Å². The summed E-state index contributed by atoms with van der Waals surface area (Å²) in [5.74, 6) is 0.905. The zero-order valence-corrected chi connectivity index (χ0v) is 16.8. The predicted octanol–water partition coefficient (Wildman–Crippen LogP) is 3.30. The molecular formula is C21H23N9. The van der Waals surface area contributed by atoms with Gasteiger partial charge in [-0.15, -0.1) is 5.10 Å². The first-order chi connectivity index (χ1) is 14.6. The molecule has 1 aliphatic carbocycles. The molecule has 3 N–H and O–H groups in total. The minimum absolute atomic E-state index is 0.180. The van der Waals surface area contributed by atoms with E-state index in [9.17, 15) is 5.26 Å². The fourth-order valence-corrected chi connectivity index (χ4v) is 4.32. The summed E-state index contributed by atoms with van der Waals surface area (Å²) >= 11 is 0. The third-order valence-electron chi connectivity index (χ3n) is 6.26. The van der Waals surface area contributed by atoms with Crippen LogP contribution in [-0.2, 0) is 0 Å². The lowest BCUT2D eigenvalue weighted by atomic mass is 9.72. The smallest absolute Gasteiger partial charge is 0.243 e. The van der Waals surface area contributed by atoms with Crippen LogP contribution in [0.4, 0.5) is 11.8 Å². The first-order valence-electron chi connectivity index (χ1n) is 10.2. The molecule has 0 atom stereocenters. The molecule has 30 heavy (non-hydrogen) atoms. The third-order valence-corrected chi connectivity index (χ3v) is 6.26. The fraction of sp³-hybridized carbons (Fsp3) is 0.381. The van der Waals surface area contributed by atoms with E-state index in [1.165, 1.54) is 0 Å².